The first kappa shape index (κ1) is 15.6. The second kappa shape index (κ2) is 6.14. The summed E-state index contributed by atoms with van der Waals surface area (Å²) in [5.74, 6) is -1.82. The van der Waals surface area contributed by atoms with Crippen LogP contribution in [0.4, 0.5) is 13.2 Å². The quantitative estimate of drug-likeness (QED) is 0.797. The van der Waals surface area contributed by atoms with Crippen LogP contribution in [0.25, 0.3) is 0 Å². The fourth-order valence-electron chi connectivity index (χ4n) is 1.43. The Balaban J connectivity index is 3.35. The molecule has 8 heteroatoms. The van der Waals surface area contributed by atoms with Crippen LogP contribution in [0.15, 0.2) is 12.1 Å². The van der Waals surface area contributed by atoms with Gasteiger partial charge >= 0.3 is 12.3 Å². The van der Waals surface area contributed by atoms with Gasteiger partial charge in [0.2, 0.25) is 0 Å². The summed E-state index contributed by atoms with van der Waals surface area (Å²) in [5, 5.41) is 8.97. The van der Waals surface area contributed by atoms with Crippen LogP contribution >= 0.6 is 0 Å². The maximum absolute atomic E-state index is 12.2. The van der Waals surface area contributed by atoms with Crippen molar-refractivity contribution < 1.29 is 32.2 Å². The van der Waals surface area contributed by atoms with E-state index in [1.54, 1.807) is 6.07 Å². The van der Waals surface area contributed by atoms with Crippen LogP contribution in [0.1, 0.15) is 22.8 Å². The van der Waals surface area contributed by atoms with Crippen molar-refractivity contribution in [2.24, 2.45) is 0 Å². The number of carbonyl (C=O) groups is 1. The lowest BCUT2D eigenvalue weighted by molar-refractivity contribution is -0.274. The van der Waals surface area contributed by atoms with Crippen molar-refractivity contribution >= 4 is 5.97 Å². The molecule has 1 aromatic carbocycles. The number of methoxy groups -OCH3 is 1. The summed E-state index contributed by atoms with van der Waals surface area (Å²) in [4.78, 5) is 11.6. The van der Waals surface area contributed by atoms with Crippen LogP contribution < -0.4 is 9.47 Å². The standard InChI is InChI=1S/C12H10F3NO4/c1-3-19-11(17)8-4-7(20-12(13,14)15)5-10(18-2)9(8)6-16/h4-5H,3H2,1-2H3. The van der Waals surface area contributed by atoms with Gasteiger partial charge in [-0.15, -0.1) is 13.2 Å². The Labute approximate surface area is 112 Å². The predicted molar refractivity (Wildman–Crippen MR) is 60.3 cm³/mol. The highest BCUT2D eigenvalue weighted by atomic mass is 19.4. The van der Waals surface area contributed by atoms with E-state index >= 15 is 0 Å². The molecule has 1 rings (SSSR count). The maximum Gasteiger partial charge on any atom is 0.573 e. The zero-order valence-corrected chi connectivity index (χ0v) is 10.6. The molecule has 20 heavy (non-hydrogen) atoms. The molecule has 0 saturated carbocycles. The minimum Gasteiger partial charge on any atom is -0.495 e. The van der Waals surface area contributed by atoms with Gasteiger partial charge in [0.05, 0.1) is 19.3 Å². The van der Waals surface area contributed by atoms with Gasteiger partial charge in [-0.2, -0.15) is 5.26 Å². The van der Waals surface area contributed by atoms with Gasteiger partial charge in [0.15, 0.2) is 0 Å². The summed E-state index contributed by atoms with van der Waals surface area (Å²) in [6.07, 6.45) is -4.93. The van der Waals surface area contributed by atoms with Gasteiger partial charge in [0.25, 0.3) is 0 Å². The molecule has 0 bridgehead atoms. The molecule has 0 radical (unpaired) electrons. The fraction of sp³-hybridized carbons (Fsp3) is 0.333. The summed E-state index contributed by atoms with van der Waals surface area (Å²) in [7, 11) is 1.16. The molecule has 0 aliphatic heterocycles. The Hall–Kier alpha value is -2.43. The molecular formula is C12H10F3NO4. The van der Waals surface area contributed by atoms with Gasteiger partial charge in [0.1, 0.15) is 23.1 Å². The Bertz CT molecular complexity index is 549. The van der Waals surface area contributed by atoms with E-state index in [2.05, 4.69) is 9.47 Å². The third kappa shape index (κ3) is 3.78. The number of nitrogens with zero attached hydrogens (tertiary/aromatic N) is 1. The van der Waals surface area contributed by atoms with Crippen LogP contribution in [-0.2, 0) is 4.74 Å². The molecule has 108 valence electrons. The Morgan fingerprint density at radius 1 is 1.40 bits per heavy atom. The summed E-state index contributed by atoms with van der Waals surface area (Å²) in [6, 6.07) is 3.34. The van der Waals surface area contributed by atoms with E-state index in [0.717, 1.165) is 19.2 Å². The van der Waals surface area contributed by atoms with Crippen molar-refractivity contribution in [3.05, 3.63) is 23.3 Å². The minimum atomic E-state index is -4.93. The lowest BCUT2D eigenvalue weighted by atomic mass is 10.1. The van der Waals surface area contributed by atoms with Gasteiger partial charge in [-0.1, -0.05) is 0 Å². The van der Waals surface area contributed by atoms with Crippen molar-refractivity contribution in [2.75, 3.05) is 13.7 Å². The van der Waals surface area contributed by atoms with Crippen LogP contribution in [-0.4, -0.2) is 26.0 Å². The van der Waals surface area contributed by atoms with Crippen molar-refractivity contribution in [1.29, 1.82) is 5.26 Å². The highest BCUT2D eigenvalue weighted by Crippen LogP contribution is 2.32. The molecule has 0 aromatic heterocycles. The van der Waals surface area contributed by atoms with Gasteiger partial charge in [-0.05, 0) is 13.0 Å². The lowest BCUT2D eigenvalue weighted by Crippen LogP contribution is -2.18. The molecule has 0 atom stereocenters. The van der Waals surface area contributed by atoms with Crippen molar-refractivity contribution in [3.8, 4) is 17.6 Å². The summed E-state index contributed by atoms with van der Waals surface area (Å²) < 4.78 is 49.8. The number of hydrogen-bond acceptors (Lipinski definition) is 5. The largest absolute Gasteiger partial charge is 0.573 e. The first-order valence-electron chi connectivity index (χ1n) is 5.37. The lowest BCUT2D eigenvalue weighted by Gasteiger charge is -2.13. The summed E-state index contributed by atoms with van der Waals surface area (Å²) >= 11 is 0. The molecule has 0 fully saturated rings. The minimum absolute atomic E-state index is 0.0103. The van der Waals surface area contributed by atoms with Gasteiger partial charge in [0, 0.05) is 6.07 Å². The van der Waals surface area contributed by atoms with Crippen LogP contribution in [0, 0.1) is 11.3 Å². The Morgan fingerprint density at radius 3 is 2.50 bits per heavy atom. The average Bonchev–Trinajstić information content (AvgIpc) is 2.35. The van der Waals surface area contributed by atoms with E-state index in [1.165, 1.54) is 6.92 Å². The maximum atomic E-state index is 12.2. The first-order valence-corrected chi connectivity index (χ1v) is 5.37. The molecule has 0 heterocycles. The molecule has 0 aliphatic carbocycles. The van der Waals surface area contributed by atoms with Crippen molar-refractivity contribution in [2.45, 2.75) is 13.3 Å². The van der Waals surface area contributed by atoms with Crippen LogP contribution in [0.3, 0.4) is 0 Å². The van der Waals surface area contributed by atoms with E-state index in [4.69, 9.17) is 10.00 Å². The topological polar surface area (TPSA) is 68.6 Å². The smallest absolute Gasteiger partial charge is 0.495 e. The van der Waals surface area contributed by atoms with Crippen LogP contribution in [0.2, 0.25) is 0 Å². The second-order valence-corrected chi connectivity index (χ2v) is 3.43. The molecule has 0 saturated heterocycles. The van der Waals surface area contributed by atoms with Gasteiger partial charge in [-0.3, -0.25) is 0 Å². The molecule has 0 unspecified atom stereocenters. The SMILES string of the molecule is CCOC(=O)c1cc(OC(F)(F)F)cc(OC)c1C#N. The number of halogens is 3. The van der Waals surface area contributed by atoms with Crippen molar-refractivity contribution in [3.63, 3.8) is 0 Å². The predicted octanol–water partition coefficient (Wildman–Crippen LogP) is 2.64. The highest BCUT2D eigenvalue weighted by molar-refractivity contribution is 5.93. The fourth-order valence-corrected chi connectivity index (χ4v) is 1.43. The number of benzene rings is 1. The zero-order valence-electron chi connectivity index (χ0n) is 10.6. The Kier molecular flexibility index (Phi) is 4.80. The van der Waals surface area contributed by atoms with Crippen molar-refractivity contribution in [1.82, 2.24) is 0 Å². The highest BCUT2D eigenvalue weighted by Gasteiger charge is 2.32. The number of carbonyl (C=O) groups excluding carboxylic acids is 1. The third-order valence-corrected chi connectivity index (χ3v) is 2.14. The molecular weight excluding hydrogens is 279 g/mol. The number of rotatable bonds is 4. The second-order valence-electron chi connectivity index (χ2n) is 3.43. The normalized spacial score (nSPS) is 10.6. The van der Waals surface area contributed by atoms with E-state index in [0.29, 0.717) is 0 Å². The van der Waals surface area contributed by atoms with Gasteiger partial charge < -0.3 is 14.2 Å². The molecule has 0 spiro atoms. The van der Waals surface area contributed by atoms with E-state index in [-0.39, 0.29) is 23.5 Å². The number of hydrogen-bond donors (Lipinski definition) is 0. The number of ether oxygens (including phenoxy) is 3. The molecule has 0 aliphatic rings. The molecule has 0 N–H and O–H groups in total. The first-order chi connectivity index (χ1) is 9.32. The number of esters is 1. The monoisotopic (exact) mass is 289 g/mol. The van der Waals surface area contributed by atoms with E-state index in [1.807, 2.05) is 0 Å². The number of nitriles is 1. The van der Waals surface area contributed by atoms with Crippen LogP contribution in [0.5, 0.6) is 11.5 Å². The third-order valence-electron chi connectivity index (χ3n) is 2.14. The summed E-state index contributed by atoms with van der Waals surface area (Å²) in [6.45, 7) is 1.54. The summed E-state index contributed by atoms with van der Waals surface area (Å²) in [5.41, 5.74) is -0.576. The molecule has 0 amide bonds. The van der Waals surface area contributed by atoms with Gasteiger partial charge in [-0.25, -0.2) is 4.79 Å². The average molecular weight is 289 g/mol. The molecule has 5 nitrogen and oxygen atoms in total. The molecule has 1 aromatic rings. The van der Waals surface area contributed by atoms with E-state index in [9.17, 15) is 18.0 Å². The Morgan fingerprint density at radius 2 is 2.05 bits per heavy atom. The zero-order chi connectivity index (χ0) is 15.3. The van der Waals surface area contributed by atoms with E-state index < -0.39 is 18.1 Å². The number of alkyl halides is 3.